The van der Waals surface area contributed by atoms with E-state index >= 15 is 0 Å². The van der Waals surface area contributed by atoms with Gasteiger partial charge in [-0.1, -0.05) is 13.8 Å². The molecular weight excluding hydrogens is 194 g/mol. The first-order valence-corrected chi connectivity index (χ1v) is 5.11. The van der Waals surface area contributed by atoms with E-state index < -0.39 is 5.60 Å². The van der Waals surface area contributed by atoms with Gasteiger partial charge in [-0.05, 0) is 26.7 Å². The van der Waals surface area contributed by atoms with E-state index in [9.17, 15) is 4.79 Å². The van der Waals surface area contributed by atoms with E-state index in [1.54, 1.807) is 7.05 Å². The molecule has 15 heavy (non-hydrogen) atoms. The van der Waals surface area contributed by atoms with Gasteiger partial charge < -0.3 is 4.74 Å². The van der Waals surface area contributed by atoms with E-state index in [1.165, 1.54) is 4.90 Å². The van der Waals surface area contributed by atoms with Gasteiger partial charge in [0.15, 0.2) is 0 Å². The SMILES string of the molecule is CC(C)[C@H](NN)N(C)C(=O)OC(C)(C)C. The van der Waals surface area contributed by atoms with Crippen LogP contribution in [0.5, 0.6) is 0 Å². The molecule has 0 fully saturated rings. The highest BCUT2D eigenvalue weighted by atomic mass is 16.6. The molecule has 5 nitrogen and oxygen atoms in total. The molecule has 0 spiro atoms. The molecule has 5 heteroatoms. The van der Waals surface area contributed by atoms with Crippen molar-refractivity contribution < 1.29 is 9.53 Å². The van der Waals surface area contributed by atoms with Crippen LogP contribution in [0.25, 0.3) is 0 Å². The van der Waals surface area contributed by atoms with Crippen LogP contribution in [0.2, 0.25) is 0 Å². The molecule has 0 aliphatic carbocycles. The standard InChI is InChI=1S/C10H23N3O2/c1-7(2)8(12-11)13(6)9(14)15-10(3,4)5/h7-8,12H,11H2,1-6H3/t8-/m1/s1. The minimum absolute atomic E-state index is 0.215. The second-order valence-electron chi connectivity index (χ2n) is 4.95. The zero-order chi connectivity index (χ0) is 12.2. The fraction of sp³-hybridized carbons (Fsp3) is 0.900. The lowest BCUT2D eigenvalue weighted by Crippen LogP contribution is -2.53. The minimum atomic E-state index is -0.485. The summed E-state index contributed by atoms with van der Waals surface area (Å²) in [5.74, 6) is 5.59. The number of nitrogens with one attached hydrogen (secondary N) is 1. The lowest BCUT2D eigenvalue weighted by Gasteiger charge is -2.32. The number of rotatable bonds is 3. The van der Waals surface area contributed by atoms with Gasteiger partial charge in [-0.15, -0.1) is 0 Å². The summed E-state index contributed by atoms with van der Waals surface area (Å²) in [6.45, 7) is 9.45. The van der Waals surface area contributed by atoms with Crippen LogP contribution >= 0.6 is 0 Å². The third-order valence-corrected chi connectivity index (χ3v) is 1.90. The van der Waals surface area contributed by atoms with E-state index in [2.05, 4.69) is 5.43 Å². The second-order valence-corrected chi connectivity index (χ2v) is 4.95. The number of amides is 1. The van der Waals surface area contributed by atoms with Gasteiger partial charge in [0.1, 0.15) is 5.60 Å². The molecule has 0 aromatic carbocycles. The third kappa shape index (κ3) is 4.99. The maximum absolute atomic E-state index is 11.7. The Morgan fingerprint density at radius 2 is 1.87 bits per heavy atom. The normalized spacial score (nSPS) is 13.9. The number of nitrogens with two attached hydrogens (primary N) is 1. The highest BCUT2D eigenvalue weighted by molar-refractivity contribution is 5.68. The van der Waals surface area contributed by atoms with Crippen molar-refractivity contribution in [3.63, 3.8) is 0 Å². The molecular formula is C10H23N3O2. The van der Waals surface area contributed by atoms with Crippen molar-refractivity contribution in [3.8, 4) is 0 Å². The molecule has 0 radical (unpaired) electrons. The maximum Gasteiger partial charge on any atom is 0.411 e. The van der Waals surface area contributed by atoms with Crippen molar-refractivity contribution in [2.45, 2.75) is 46.4 Å². The van der Waals surface area contributed by atoms with E-state index in [0.717, 1.165) is 0 Å². The smallest absolute Gasteiger partial charge is 0.411 e. The van der Waals surface area contributed by atoms with Gasteiger partial charge in [-0.25, -0.2) is 10.2 Å². The van der Waals surface area contributed by atoms with Crippen LogP contribution in [-0.2, 0) is 4.74 Å². The number of carbonyl (C=O) groups excluding carboxylic acids is 1. The number of nitrogens with zero attached hydrogens (tertiary/aromatic N) is 1. The van der Waals surface area contributed by atoms with E-state index in [1.807, 2.05) is 34.6 Å². The second kappa shape index (κ2) is 5.32. The molecule has 0 aliphatic rings. The van der Waals surface area contributed by atoms with Gasteiger partial charge in [0, 0.05) is 7.05 Å². The number of hydrazine groups is 1. The summed E-state index contributed by atoms with van der Waals surface area (Å²) < 4.78 is 5.22. The van der Waals surface area contributed by atoms with Gasteiger partial charge in [0.05, 0.1) is 6.17 Å². The number of hydrogen-bond donors (Lipinski definition) is 2. The first-order chi connectivity index (χ1) is 6.69. The molecule has 90 valence electrons. The Hall–Kier alpha value is -0.810. The molecule has 1 amide bonds. The zero-order valence-corrected chi connectivity index (χ0v) is 10.5. The Balaban J connectivity index is 4.42. The average molecular weight is 217 g/mol. The lowest BCUT2D eigenvalue weighted by molar-refractivity contribution is 0.0138. The van der Waals surface area contributed by atoms with Crippen molar-refractivity contribution in [2.75, 3.05) is 7.05 Å². The fourth-order valence-corrected chi connectivity index (χ4v) is 1.20. The largest absolute Gasteiger partial charge is 0.444 e. The number of carbonyl (C=O) groups is 1. The van der Waals surface area contributed by atoms with Crippen LogP contribution in [0, 0.1) is 5.92 Å². The maximum atomic E-state index is 11.7. The Morgan fingerprint density at radius 1 is 1.40 bits per heavy atom. The topological polar surface area (TPSA) is 67.6 Å². The summed E-state index contributed by atoms with van der Waals surface area (Å²) >= 11 is 0. The highest BCUT2D eigenvalue weighted by Crippen LogP contribution is 2.12. The van der Waals surface area contributed by atoms with Crippen LogP contribution < -0.4 is 11.3 Å². The van der Waals surface area contributed by atoms with Gasteiger partial charge in [-0.3, -0.25) is 10.7 Å². The summed E-state index contributed by atoms with van der Waals surface area (Å²) in [5.41, 5.74) is 2.11. The van der Waals surface area contributed by atoms with Crippen LogP contribution in [-0.4, -0.2) is 29.8 Å². The molecule has 0 bridgehead atoms. The fourth-order valence-electron chi connectivity index (χ4n) is 1.20. The molecule has 0 aromatic rings. The Labute approximate surface area is 91.9 Å². The zero-order valence-electron chi connectivity index (χ0n) is 10.5. The summed E-state index contributed by atoms with van der Waals surface area (Å²) in [7, 11) is 1.67. The number of ether oxygens (including phenoxy) is 1. The number of hydrogen-bond acceptors (Lipinski definition) is 4. The average Bonchev–Trinajstić information content (AvgIpc) is 2.01. The lowest BCUT2D eigenvalue weighted by atomic mass is 10.1. The first-order valence-electron chi connectivity index (χ1n) is 5.11. The van der Waals surface area contributed by atoms with Crippen LogP contribution in [0.15, 0.2) is 0 Å². The molecule has 0 heterocycles. The molecule has 0 rings (SSSR count). The van der Waals surface area contributed by atoms with E-state index in [0.29, 0.717) is 0 Å². The predicted molar refractivity (Wildman–Crippen MR) is 59.9 cm³/mol. The van der Waals surface area contributed by atoms with Crippen molar-refractivity contribution in [1.29, 1.82) is 0 Å². The molecule has 3 N–H and O–H groups in total. The van der Waals surface area contributed by atoms with Gasteiger partial charge >= 0.3 is 6.09 Å². The predicted octanol–water partition coefficient (Wildman–Crippen LogP) is 1.30. The van der Waals surface area contributed by atoms with E-state index in [4.69, 9.17) is 10.6 Å². The third-order valence-electron chi connectivity index (χ3n) is 1.90. The Bertz CT molecular complexity index is 211. The Morgan fingerprint density at radius 3 is 2.13 bits per heavy atom. The summed E-state index contributed by atoms with van der Waals surface area (Å²) in [4.78, 5) is 13.1. The monoisotopic (exact) mass is 217 g/mol. The van der Waals surface area contributed by atoms with Gasteiger partial charge in [-0.2, -0.15) is 0 Å². The molecule has 0 unspecified atom stereocenters. The summed E-state index contributed by atoms with van der Waals surface area (Å²) in [6.07, 6.45) is -0.598. The quantitative estimate of drug-likeness (QED) is 0.425. The van der Waals surface area contributed by atoms with Crippen LogP contribution in [0.4, 0.5) is 4.79 Å². The molecule has 0 aromatic heterocycles. The van der Waals surface area contributed by atoms with E-state index in [-0.39, 0.29) is 18.2 Å². The molecule has 0 saturated heterocycles. The molecule has 0 saturated carbocycles. The van der Waals surface area contributed by atoms with Crippen molar-refractivity contribution in [3.05, 3.63) is 0 Å². The van der Waals surface area contributed by atoms with Crippen LogP contribution in [0.1, 0.15) is 34.6 Å². The molecule has 1 atom stereocenters. The highest BCUT2D eigenvalue weighted by Gasteiger charge is 2.26. The van der Waals surface area contributed by atoms with Gasteiger partial charge in [0.25, 0.3) is 0 Å². The minimum Gasteiger partial charge on any atom is -0.444 e. The van der Waals surface area contributed by atoms with Crippen molar-refractivity contribution in [2.24, 2.45) is 11.8 Å². The first kappa shape index (κ1) is 14.2. The van der Waals surface area contributed by atoms with Crippen molar-refractivity contribution >= 4 is 6.09 Å². The Kier molecular flexibility index (Phi) is 5.03. The van der Waals surface area contributed by atoms with Crippen LogP contribution in [0.3, 0.4) is 0 Å². The molecule has 0 aliphatic heterocycles. The van der Waals surface area contributed by atoms with Gasteiger partial charge in [0.2, 0.25) is 0 Å². The summed E-state index contributed by atoms with van der Waals surface area (Å²) in [5, 5.41) is 0. The van der Waals surface area contributed by atoms with Crippen molar-refractivity contribution in [1.82, 2.24) is 10.3 Å². The summed E-state index contributed by atoms with van der Waals surface area (Å²) in [6, 6.07) is 0.